The minimum Gasteiger partial charge on any atom is -0.491 e. The van der Waals surface area contributed by atoms with Crippen LogP contribution in [0.3, 0.4) is 0 Å². The lowest BCUT2D eigenvalue weighted by Gasteiger charge is -2.23. The Balaban J connectivity index is 2.06. The van der Waals surface area contributed by atoms with Gasteiger partial charge in [0.25, 0.3) is 0 Å². The molecule has 1 aromatic rings. The lowest BCUT2D eigenvalue weighted by atomic mass is 10.2. The highest BCUT2D eigenvalue weighted by atomic mass is 35.5. The zero-order valence-electron chi connectivity index (χ0n) is 11.4. The number of carbonyl (C=O) groups excluding carboxylic acids is 1. The highest BCUT2D eigenvalue weighted by Crippen LogP contribution is 2.28. The van der Waals surface area contributed by atoms with Crippen molar-refractivity contribution in [1.82, 2.24) is 5.32 Å². The number of morpholine rings is 1. The maximum atomic E-state index is 12.2. The van der Waals surface area contributed by atoms with Crippen LogP contribution in [-0.2, 0) is 9.53 Å². The molecule has 1 fully saturated rings. The smallest absolute Gasteiger partial charge is 0.244 e. The van der Waals surface area contributed by atoms with Gasteiger partial charge in [-0.2, -0.15) is 0 Å². The lowest BCUT2D eigenvalue weighted by molar-refractivity contribution is -0.120. The minimum absolute atomic E-state index is 0.145. The maximum absolute atomic E-state index is 12.2. The van der Waals surface area contributed by atoms with Gasteiger partial charge in [0.1, 0.15) is 11.8 Å². The molecule has 5 nitrogen and oxygen atoms in total. The molecule has 110 valence electrons. The third kappa shape index (κ3) is 4.10. The van der Waals surface area contributed by atoms with Crippen LogP contribution in [0.5, 0.6) is 5.75 Å². The van der Waals surface area contributed by atoms with Crippen molar-refractivity contribution in [2.24, 2.45) is 0 Å². The predicted molar refractivity (Wildman–Crippen MR) is 78.5 cm³/mol. The van der Waals surface area contributed by atoms with E-state index in [4.69, 9.17) is 21.1 Å². The standard InChI is InChI=1S/C14H19ClN2O3/c1-2-6-20-13-4-3-10(15)8-11(13)17-14(18)12-9-19-7-5-16-12/h3-4,8,12,16H,2,5-7,9H2,1H3,(H,17,18). The van der Waals surface area contributed by atoms with Gasteiger partial charge in [0.15, 0.2) is 0 Å². The number of anilines is 1. The van der Waals surface area contributed by atoms with Crippen molar-refractivity contribution in [3.8, 4) is 5.75 Å². The highest BCUT2D eigenvalue weighted by molar-refractivity contribution is 6.31. The Labute approximate surface area is 123 Å². The normalized spacial score (nSPS) is 18.6. The maximum Gasteiger partial charge on any atom is 0.244 e. The van der Waals surface area contributed by atoms with E-state index in [1.807, 2.05) is 6.92 Å². The van der Waals surface area contributed by atoms with Crippen molar-refractivity contribution in [3.63, 3.8) is 0 Å². The van der Waals surface area contributed by atoms with Crippen LogP contribution in [0.15, 0.2) is 18.2 Å². The number of nitrogens with one attached hydrogen (secondary N) is 2. The van der Waals surface area contributed by atoms with Crippen LogP contribution in [-0.4, -0.2) is 38.3 Å². The Morgan fingerprint density at radius 2 is 2.45 bits per heavy atom. The summed E-state index contributed by atoms with van der Waals surface area (Å²) >= 11 is 5.97. The van der Waals surface area contributed by atoms with Crippen LogP contribution < -0.4 is 15.4 Å². The number of hydrogen-bond acceptors (Lipinski definition) is 4. The van der Waals surface area contributed by atoms with E-state index in [0.717, 1.165) is 6.42 Å². The fraction of sp³-hybridized carbons (Fsp3) is 0.500. The number of rotatable bonds is 5. The molecule has 1 aliphatic rings. The van der Waals surface area contributed by atoms with Crippen LogP contribution >= 0.6 is 11.6 Å². The topological polar surface area (TPSA) is 59.6 Å². The lowest BCUT2D eigenvalue weighted by Crippen LogP contribution is -2.48. The van der Waals surface area contributed by atoms with Gasteiger partial charge in [-0.25, -0.2) is 0 Å². The molecule has 1 heterocycles. The third-order valence-electron chi connectivity index (χ3n) is 2.90. The molecule has 2 N–H and O–H groups in total. The molecule has 0 saturated carbocycles. The predicted octanol–water partition coefficient (Wildman–Crippen LogP) is 2.06. The van der Waals surface area contributed by atoms with E-state index in [-0.39, 0.29) is 11.9 Å². The number of ether oxygens (including phenoxy) is 2. The van der Waals surface area contributed by atoms with E-state index >= 15 is 0 Å². The summed E-state index contributed by atoms with van der Waals surface area (Å²) in [6.07, 6.45) is 0.897. The van der Waals surface area contributed by atoms with Gasteiger partial charge < -0.3 is 20.1 Å². The Morgan fingerprint density at radius 1 is 1.60 bits per heavy atom. The number of benzene rings is 1. The number of hydrogen-bond donors (Lipinski definition) is 2. The van der Waals surface area contributed by atoms with Gasteiger partial charge in [-0.1, -0.05) is 18.5 Å². The van der Waals surface area contributed by atoms with Crippen molar-refractivity contribution in [3.05, 3.63) is 23.2 Å². The van der Waals surface area contributed by atoms with Crippen molar-refractivity contribution < 1.29 is 14.3 Å². The molecule has 0 bridgehead atoms. The third-order valence-corrected chi connectivity index (χ3v) is 3.13. The molecule has 1 amide bonds. The molecule has 1 aliphatic heterocycles. The van der Waals surface area contributed by atoms with Gasteiger partial charge in [-0.15, -0.1) is 0 Å². The minimum atomic E-state index is -0.346. The average Bonchev–Trinajstić information content (AvgIpc) is 2.47. The van der Waals surface area contributed by atoms with Gasteiger partial charge in [-0.3, -0.25) is 4.79 Å². The second-order valence-corrected chi connectivity index (χ2v) is 5.00. The fourth-order valence-electron chi connectivity index (χ4n) is 1.89. The van der Waals surface area contributed by atoms with Gasteiger partial charge in [0.05, 0.1) is 25.5 Å². The van der Waals surface area contributed by atoms with E-state index in [0.29, 0.717) is 42.8 Å². The van der Waals surface area contributed by atoms with Crippen molar-refractivity contribution in [1.29, 1.82) is 0 Å². The number of carbonyl (C=O) groups is 1. The summed E-state index contributed by atoms with van der Waals surface area (Å²) in [4.78, 5) is 12.2. The summed E-state index contributed by atoms with van der Waals surface area (Å²) < 4.78 is 10.9. The summed E-state index contributed by atoms with van der Waals surface area (Å²) in [5.41, 5.74) is 0.586. The van der Waals surface area contributed by atoms with E-state index in [2.05, 4.69) is 10.6 Å². The molecule has 0 aliphatic carbocycles. The number of halogens is 1. The zero-order valence-corrected chi connectivity index (χ0v) is 12.2. The molecule has 1 atom stereocenters. The van der Waals surface area contributed by atoms with Gasteiger partial charge in [0.2, 0.25) is 5.91 Å². The van der Waals surface area contributed by atoms with Crippen molar-refractivity contribution >= 4 is 23.2 Å². The first-order valence-corrected chi connectivity index (χ1v) is 7.13. The van der Waals surface area contributed by atoms with E-state index < -0.39 is 0 Å². The molecular formula is C14H19ClN2O3. The Kier molecular flexibility index (Phi) is 5.64. The molecule has 0 aromatic heterocycles. The largest absolute Gasteiger partial charge is 0.491 e. The molecule has 6 heteroatoms. The first kappa shape index (κ1) is 15.1. The van der Waals surface area contributed by atoms with E-state index in [1.54, 1.807) is 18.2 Å². The van der Waals surface area contributed by atoms with Gasteiger partial charge in [-0.05, 0) is 24.6 Å². The molecule has 0 spiro atoms. The number of amides is 1. The van der Waals surface area contributed by atoms with Crippen LogP contribution in [0.2, 0.25) is 5.02 Å². The van der Waals surface area contributed by atoms with E-state index in [9.17, 15) is 4.79 Å². The second-order valence-electron chi connectivity index (χ2n) is 4.56. The van der Waals surface area contributed by atoms with Crippen LogP contribution in [0.4, 0.5) is 5.69 Å². The van der Waals surface area contributed by atoms with Crippen LogP contribution in [0, 0.1) is 0 Å². The van der Waals surface area contributed by atoms with Gasteiger partial charge in [0, 0.05) is 11.6 Å². The SMILES string of the molecule is CCCOc1ccc(Cl)cc1NC(=O)C1COCCN1. The molecule has 0 radical (unpaired) electrons. The Bertz CT molecular complexity index is 462. The quantitative estimate of drug-likeness (QED) is 0.873. The van der Waals surface area contributed by atoms with Crippen LogP contribution in [0.1, 0.15) is 13.3 Å². The monoisotopic (exact) mass is 298 g/mol. The molecule has 1 saturated heterocycles. The van der Waals surface area contributed by atoms with Crippen LogP contribution in [0.25, 0.3) is 0 Å². The second kappa shape index (κ2) is 7.47. The van der Waals surface area contributed by atoms with Gasteiger partial charge >= 0.3 is 0 Å². The first-order valence-electron chi connectivity index (χ1n) is 6.75. The average molecular weight is 299 g/mol. The summed E-state index contributed by atoms with van der Waals surface area (Å²) in [7, 11) is 0. The summed E-state index contributed by atoms with van der Waals surface area (Å²) in [6.45, 7) is 4.29. The van der Waals surface area contributed by atoms with Crippen molar-refractivity contribution in [2.75, 3.05) is 31.7 Å². The Hall–Kier alpha value is -1.30. The fourth-order valence-corrected chi connectivity index (χ4v) is 2.06. The molecule has 1 unspecified atom stereocenters. The highest BCUT2D eigenvalue weighted by Gasteiger charge is 2.22. The summed E-state index contributed by atoms with van der Waals surface area (Å²) in [5.74, 6) is 0.481. The first-order chi connectivity index (χ1) is 9.70. The molecule has 20 heavy (non-hydrogen) atoms. The molecule has 2 rings (SSSR count). The molecule has 1 aromatic carbocycles. The zero-order chi connectivity index (χ0) is 14.4. The Morgan fingerprint density at radius 3 is 3.15 bits per heavy atom. The van der Waals surface area contributed by atoms with Crippen molar-refractivity contribution in [2.45, 2.75) is 19.4 Å². The summed E-state index contributed by atoms with van der Waals surface area (Å²) in [6, 6.07) is 4.85. The summed E-state index contributed by atoms with van der Waals surface area (Å²) in [5, 5.41) is 6.50. The van der Waals surface area contributed by atoms with E-state index in [1.165, 1.54) is 0 Å². The molecular weight excluding hydrogens is 280 g/mol.